The average Bonchev–Trinajstić information content (AvgIpc) is 2.36. The van der Waals surface area contributed by atoms with Gasteiger partial charge >= 0.3 is 10.1 Å². The van der Waals surface area contributed by atoms with Gasteiger partial charge in [0.25, 0.3) is 0 Å². The van der Waals surface area contributed by atoms with Crippen molar-refractivity contribution in [3.63, 3.8) is 0 Å². The van der Waals surface area contributed by atoms with Crippen LogP contribution < -0.4 is 4.18 Å². The van der Waals surface area contributed by atoms with Crippen molar-refractivity contribution in [1.29, 1.82) is 0 Å². The number of halogens is 3. The van der Waals surface area contributed by atoms with Crippen LogP contribution in [0.5, 0.6) is 5.88 Å². The number of rotatable bonds is 3. The smallest absolute Gasteiger partial charge is 0.342 e. The highest BCUT2D eigenvalue weighted by atomic mass is 35.5. The molecular weight excluding hydrogens is 333 g/mol. The van der Waals surface area contributed by atoms with Crippen molar-refractivity contribution in [3.05, 3.63) is 51.6 Å². The summed E-state index contributed by atoms with van der Waals surface area (Å²) < 4.78 is 28.9. The Hall–Kier alpha value is -1.01. The molecule has 4 nitrogen and oxygen atoms in total. The predicted octanol–water partition coefficient (Wildman–Crippen LogP) is 3.81. The fourth-order valence-electron chi connectivity index (χ4n) is 1.25. The number of hydrogen-bond donors (Lipinski definition) is 0. The topological polar surface area (TPSA) is 56.3 Å². The van der Waals surface area contributed by atoms with Gasteiger partial charge < -0.3 is 4.18 Å². The van der Waals surface area contributed by atoms with Crippen molar-refractivity contribution in [3.8, 4) is 5.88 Å². The van der Waals surface area contributed by atoms with E-state index in [4.69, 9.17) is 39.0 Å². The first-order valence-electron chi connectivity index (χ1n) is 4.91. The van der Waals surface area contributed by atoms with E-state index in [1.807, 2.05) is 0 Å². The second-order valence-corrected chi connectivity index (χ2v) is 6.06. The summed E-state index contributed by atoms with van der Waals surface area (Å²) in [5.41, 5.74) is 0. The van der Waals surface area contributed by atoms with Crippen LogP contribution in [0.2, 0.25) is 15.1 Å². The Balaban J connectivity index is 2.44. The third-order valence-electron chi connectivity index (χ3n) is 2.10. The molecule has 0 unspecified atom stereocenters. The highest BCUT2D eigenvalue weighted by Gasteiger charge is 2.23. The van der Waals surface area contributed by atoms with Crippen molar-refractivity contribution in [2.75, 3.05) is 0 Å². The van der Waals surface area contributed by atoms with Gasteiger partial charge in [-0.2, -0.15) is 8.42 Å². The summed E-state index contributed by atoms with van der Waals surface area (Å²) in [6.07, 6.45) is 1.40. The van der Waals surface area contributed by atoms with Gasteiger partial charge in [0, 0.05) is 12.3 Å². The first-order chi connectivity index (χ1) is 8.92. The molecule has 1 aromatic heterocycles. The fourth-order valence-corrected chi connectivity index (χ4v) is 3.10. The number of nitrogens with zero attached hydrogens (tertiary/aromatic N) is 1. The molecule has 19 heavy (non-hydrogen) atoms. The maximum atomic E-state index is 12.0. The summed E-state index contributed by atoms with van der Waals surface area (Å²) in [6, 6.07) is 7.17. The van der Waals surface area contributed by atoms with E-state index in [9.17, 15) is 8.42 Å². The van der Waals surface area contributed by atoms with E-state index >= 15 is 0 Å². The molecule has 0 bridgehead atoms. The molecular formula is C11H6Cl3NO3S. The Bertz CT molecular complexity index is 705. The Kier molecular flexibility index (Phi) is 4.20. The van der Waals surface area contributed by atoms with E-state index in [2.05, 4.69) is 4.98 Å². The summed E-state index contributed by atoms with van der Waals surface area (Å²) >= 11 is 17.4. The van der Waals surface area contributed by atoms with Crippen LogP contribution in [0.3, 0.4) is 0 Å². The average molecular weight is 339 g/mol. The van der Waals surface area contributed by atoms with Crippen LogP contribution in [0.1, 0.15) is 0 Å². The van der Waals surface area contributed by atoms with Crippen LogP contribution in [0.15, 0.2) is 41.4 Å². The van der Waals surface area contributed by atoms with Crippen molar-refractivity contribution in [2.45, 2.75) is 4.90 Å². The SMILES string of the molecule is O=S(=O)(Oc1ccccn1)c1ccc(Cl)c(Cl)c1Cl. The number of aromatic nitrogens is 1. The van der Waals surface area contributed by atoms with Crippen LogP contribution >= 0.6 is 34.8 Å². The highest BCUT2D eigenvalue weighted by Crippen LogP contribution is 2.35. The largest absolute Gasteiger partial charge is 0.358 e. The number of hydrogen-bond acceptors (Lipinski definition) is 4. The van der Waals surface area contributed by atoms with Crippen molar-refractivity contribution < 1.29 is 12.6 Å². The molecule has 0 fully saturated rings. The van der Waals surface area contributed by atoms with Gasteiger partial charge in [-0.1, -0.05) is 40.9 Å². The maximum Gasteiger partial charge on any atom is 0.342 e. The Morgan fingerprint density at radius 1 is 1.00 bits per heavy atom. The lowest BCUT2D eigenvalue weighted by molar-refractivity contribution is 0.476. The lowest BCUT2D eigenvalue weighted by Crippen LogP contribution is -2.11. The second-order valence-electron chi connectivity index (χ2n) is 3.38. The van der Waals surface area contributed by atoms with Gasteiger partial charge in [0.1, 0.15) is 4.90 Å². The molecule has 0 amide bonds. The molecule has 0 aliphatic carbocycles. The lowest BCUT2D eigenvalue weighted by Gasteiger charge is -2.09. The molecule has 0 spiro atoms. The molecule has 0 aliphatic rings. The van der Waals surface area contributed by atoms with Crippen LogP contribution in [-0.4, -0.2) is 13.4 Å². The van der Waals surface area contributed by atoms with Gasteiger partial charge in [0.2, 0.25) is 5.88 Å². The van der Waals surface area contributed by atoms with Gasteiger partial charge in [-0.15, -0.1) is 0 Å². The second kappa shape index (κ2) is 5.54. The third-order valence-corrected chi connectivity index (χ3v) is 4.78. The Morgan fingerprint density at radius 2 is 1.74 bits per heavy atom. The number of benzene rings is 1. The first kappa shape index (κ1) is 14.4. The zero-order chi connectivity index (χ0) is 14.0. The van der Waals surface area contributed by atoms with E-state index in [1.165, 1.54) is 24.4 Å². The van der Waals surface area contributed by atoms with Crippen LogP contribution in [0.25, 0.3) is 0 Å². The highest BCUT2D eigenvalue weighted by molar-refractivity contribution is 7.87. The predicted molar refractivity (Wildman–Crippen MR) is 73.5 cm³/mol. The van der Waals surface area contributed by atoms with E-state index in [0.29, 0.717) is 0 Å². The monoisotopic (exact) mass is 337 g/mol. The summed E-state index contributed by atoms with van der Waals surface area (Å²) in [6.45, 7) is 0. The quantitative estimate of drug-likeness (QED) is 0.631. The van der Waals surface area contributed by atoms with E-state index in [-0.39, 0.29) is 25.8 Å². The summed E-state index contributed by atoms with van der Waals surface area (Å²) in [5.74, 6) is -0.0651. The summed E-state index contributed by atoms with van der Waals surface area (Å²) in [5, 5.41) is -0.0809. The van der Waals surface area contributed by atoms with E-state index in [0.717, 1.165) is 0 Å². The minimum atomic E-state index is -4.12. The van der Waals surface area contributed by atoms with E-state index < -0.39 is 10.1 Å². The van der Waals surface area contributed by atoms with Gasteiger partial charge in [-0.05, 0) is 18.2 Å². The minimum Gasteiger partial charge on any atom is -0.358 e. The van der Waals surface area contributed by atoms with Crippen molar-refractivity contribution in [1.82, 2.24) is 4.98 Å². The first-order valence-corrected chi connectivity index (χ1v) is 7.45. The molecule has 2 rings (SSSR count). The zero-order valence-electron chi connectivity index (χ0n) is 9.18. The fraction of sp³-hybridized carbons (Fsp3) is 0. The molecule has 0 aliphatic heterocycles. The van der Waals surface area contributed by atoms with Crippen molar-refractivity contribution >= 4 is 44.9 Å². The number of pyridine rings is 1. The summed E-state index contributed by atoms with van der Waals surface area (Å²) in [7, 11) is -4.12. The molecule has 1 heterocycles. The van der Waals surface area contributed by atoms with Gasteiger partial charge in [0.15, 0.2) is 0 Å². The Labute approximate surface area is 125 Å². The lowest BCUT2D eigenvalue weighted by atomic mass is 10.4. The molecule has 8 heteroatoms. The Morgan fingerprint density at radius 3 is 2.37 bits per heavy atom. The molecule has 2 aromatic rings. The van der Waals surface area contributed by atoms with Gasteiger partial charge in [-0.25, -0.2) is 4.98 Å². The third kappa shape index (κ3) is 3.12. The zero-order valence-corrected chi connectivity index (χ0v) is 12.3. The molecule has 1 aromatic carbocycles. The molecule has 0 N–H and O–H groups in total. The molecule has 0 saturated heterocycles. The molecule has 0 radical (unpaired) electrons. The molecule has 0 atom stereocenters. The van der Waals surface area contributed by atoms with Crippen molar-refractivity contribution in [2.24, 2.45) is 0 Å². The minimum absolute atomic E-state index is 0.0472. The summed E-state index contributed by atoms with van der Waals surface area (Å²) in [4.78, 5) is 3.49. The molecule has 100 valence electrons. The van der Waals surface area contributed by atoms with Gasteiger partial charge in [0.05, 0.1) is 15.1 Å². The maximum absolute atomic E-state index is 12.0. The normalized spacial score (nSPS) is 11.3. The van der Waals surface area contributed by atoms with Crippen LogP contribution in [0.4, 0.5) is 0 Å². The molecule has 0 saturated carbocycles. The van der Waals surface area contributed by atoms with Gasteiger partial charge in [-0.3, -0.25) is 0 Å². The standard InChI is InChI=1S/C11H6Cl3NO3S/c12-7-4-5-8(11(14)10(7)13)19(16,17)18-9-3-1-2-6-15-9/h1-6H. The van der Waals surface area contributed by atoms with Crippen LogP contribution in [-0.2, 0) is 10.1 Å². The van der Waals surface area contributed by atoms with Crippen LogP contribution in [0, 0.1) is 0 Å². The van der Waals surface area contributed by atoms with E-state index in [1.54, 1.807) is 12.1 Å².